The Kier molecular flexibility index (Phi) is 4.71. The minimum atomic E-state index is -1.04. The second kappa shape index (κ2) is 5.43. The van der Waals surface area contributed by atoms with Gasteiger partial charge in [-0.05, 0) is 45.4 Å². The molecule has 1 N–H and O–H groups in total. The van der Waals surface area contributed by atoms with Crippen molar-refractivity contribution in [2.24, 2.45) is 0 Å². The maximum atomic E-state index is 11.9. The van der Waals surface area contributed by atoms with E-state index in [4.69, 9.17) is 0 Å². The topological polar surface area (TPSA) is 29.1 Å². The first-order valence-electron chi connectivity index (χ1n) is 5.24. The van der Waals surface area contributed by atoms with Crippen molar-refractivity contribution >= 4 is 26.9 Å². The minimum absolute atomic E-state index is 0.0811. The van der Waals surface area contributed by atoms with E-state index < -0.39 is 11.0 Å². The average molecular weight is 304 g/mol. The lowest BCUT2D eigenvalue weighted by Gasteiger charge is -2.22. The van der Waals surface area contributed by atoms with Gasteiger partial charge in [0.05, 0.1) is 15.7 Å². The van der Waals surface area contributed by atoms with Gasteiger partial charge in [-0.25, -0.2) is 8.93 Å². The second-order valence-electron chi connectivity index (χ2n) is 4.78. The Morgan fingerprint density at radius 2 is 2.00 bits per heavy atom. The van der Waals surface area contributed by atoms with E-state index >= 15 is 0 Å². The molecule has 0 radical (unpaired) electrons. The van der Waals surface area contributed by atoms with Gasteiger partial charge < -0.3 is 0 Å². The van der Waals surface area contributed by atoms with Gasteiger partial charge in [-0.1, -0.05) is 28.1 Å². The molecule has 0 aromatic heterocycles. The summed E-state index contributed by atoms with van der Waals surface area (Å²) in [6.45, 7) is 7.91. The monoisotopic (exact) mass is 303 g/mol. The van der Waals surface area contributed by atoms with Gasteiger partial charge in [0.25, 0.3) is 0 Å². The Morgan fingerprint density at radius 3 is 2.50 bits per heavy atom. The molecule has 0 amide bonds. The molecule has 1 rings (SSSR count). The number of halogens is 1. The van der Waals surface area contributed by atoms with Crippen LogP contribution in [0.15, 0.2) is 28.7 Å². The molecular formula is C12H18BrNOS. The molecule has 0 saturated heterocycles. The van der Waals surface area contributed by atoms with Crippen molar-refractivity contribution < 1.29 is 4.21 Å². The Bertz CT molecular complexity index is 387. The molecule has 0 aliphatic rings. The van der Waals surface area contributed by atoms with Crippen LogP contribution in [0.1, 0.15) is 39.3 Å². The third-order valence-electron chi connectivity index (χ3n) is 2.19. The van der Waals surface area contributed by atoms with Gasteiger partial charge in [-0.2, -0.15) is 0 Å². The number of hydrogen-bond acceptors (Lipinski definition) is 1. The van der Waals surface area contributed by atoms with Crippen LogP contribution in [0, 0.1) is 0 Å². The van der Waals surface area contributed by atoms with Gasteiger partial charge in [0, 0.05) is 10.5 Å². The largest absolute Gasteiger partial charge is 0.242 e. The first-order valence-corrected chi connectivity index (χ1v) is 7.18. The summed E-state index contributed by atoms with van der Waals surface area (Å²) in [6.07, 6.45) is 0. The van der Waals surface area contributed by atoms with Gasteiger partial charge in [-0.15, -0.1) is 0 Å². The maximum absolute atomic E-state index is 11.9. The summed E-state index contributed by atoms with van der Waals surface area (Å²) < 4.78 is 15.8. The molecule has 1 unspecified atom stereocenters. The molecular weight excluding hydrogens is 286 g/mol. The van der Waals surface area contributed by atoms with Crippen LogP contribution in [-0.4, -0.2) is 8.96 Å². The van der Waals surface area contributed by atoms with E-state index in [0.717, 1.165) is 10.0 Å². The van der Waals surface area contributed by atoms with Crippen molar-refractivity contribution in [2.45, 2.75) is 38.5 Å². The molecule has 2 nitrogen and oxygen atoms in total. The maximum Gasteiger partial charge on any atom is 0.0975 e. The number of nitrogens with one attached hydrogen (secondary N) is 1. The molecule has 0 saturated carbocycles. The summed E-state index contributed by atoms with van der Waals surface area (Å²) in [5.74, 6) is 0. The van der Waals surface area contributed by atoms with Crippen LogP contribution in [0.2, 0.25) is 0 Å². The highest BCUT2D eigenvalue weighted by molar-refractivity contribution is 9.10. The molecule has 0 aliphatic carbocycles. The van der Waals surface area contributed by atoms with Gasteiger partial charge in [-0.3, -0.25) is 0 Å². The molecule has 0 spiro atoms. The van der Waals surface area contributed by atoms with Gasteiger partial charge in [0.2, 0.25) is 0 Å². The number of rotatable bonds is 3. The highest BCUT2D eigenvalue weighted by Crippen LogP contribution is 2.20. The molecule has 16 heavy (non-hydrogen) atoms. The summed E-state index contributed by atoms with van der Waals surface area (Å²) in [4.78, 5) is 0. The van der Waals surface area contributed by atoms with E-state index in [1.165, 1.54) is 0 Å². The number of hydrogen-bond donors (Lipinski definition) is 1. The summed E-state index contributed by atoms with van der Waals surface area (Å²) in [5, 5.41) is 0. The highest BCUT2D eigenvalue weighted by Gasteiger charge is 2.21. The first-order chi connectivity index (χ1) is 7.30. The van der Waals surface area contributed by atoms with Crippen molar-refractivity contribution in [3.8, 4) is 0 Å². The molecule has 1 aromatic carbocycles. The molecule has 4 heteroatoms. The second-order valence-corrected chi connectivity index (χ2v) is 7.69. The molecule has 2 atom stereocenters. The molecule has 90 valence electrons. The fourth-order valence-electron chi connectivity index (χ4n) is 1.18. The normalized spacial score (nSPS) is 15.8. The van der Waals surface area contributed by atoms with Crippen molar-refractivity contribution in [3.05, 3.63) is 34.3 Å². The Balaban J connectivity index is 2.73. The average Bonchev–Trinajstić information content (AvgIpc) is 2.16. The minimum Gasteiger partial charge on any atom is -0.242 e. The zero-order chi connectivity index (χ0) is 12.3. The van der Waals surface area contributed by atoms with Crippen molar-refractivity contribution in [1.82, 2.24) is 4.72 Å². The fourth-order valence-corrected chi connectivity index (χ4v) is 2.41. The van der Waals surface area contributed by atoms with Crippen LogP contribution in [0.4, 0.5) is 0 Å². The van der Waals surface area contributed by atoms with Gasteiger partial charge in [0.15, 0.2) is 0 Å². The van der Waals surface area contributed by atoms with E-state index in [9.17, 15) is 4.21 Å². The molecule has 0 fully saturated rings. The summed E-state index contributed by atoms with van der Waals surface area (Å²) in [6, 6.07) is 8.12. The third kappa shape index (κ3) is 4.00. The molecule has 1 aromatic rings. The van der Waals surface area contributed by atoms with Crippen LogP contribution in [0.3, 0.4) is 0 Å². The lowest BCUT2D eigenvalue weighted by molar-refractivity contribution is 0.616. The lowest BCUT2D eigenvalue weighted by atomic mass is 10.1. The van der Waals surface area contributed by atoms with Crippen LogP contribution in [-0.2, 0) is 11.0 Å². The lowest BCUT2D eigenvalue weighted by Crippen LogP contribution is -2.34. The standard InChI is InChI=1S/C12H18BrNOS/c1-9(14-16(15)12(2,3)4)10-6-5-7-11(13)8-10/h5-9,14H,1-4H3/t9-,16?/m1/s1. The van der Waals surface area contributed by atoms with E-state index in [0.29, 0.717) is 0 Å². The Morgan fingerprint density at radius 1 is 1.38 bits per heavy atom. The van der Waals surface area contributed by atoms with Crippen molar-refractivity contribution in [2.75, 3.05) is 0 Å². The Hall–Kier alpha value is -0.190. The highest BCUT2D eigenvalue weighted by atomic mass is 79.9. The third-order valence-corrected chi connectivity index (χ3v) is 4.36. The molecule has 0 bridgehead atoms. The van der Waals surface area contributed by atoms with Crippen LogP contribution >= 0.6 is 15.9 Å². The predicted molar refractivity (Wildman–Crippen MR) is 73.6 cm³/mol. The van der Waals surface area contributed by atoms with Crippen molar-refractivity contribution in [1.29, 1.82) is 0 Å². The predicted octanol–water partition coefficient (Wildman–Crippen LogP) is 3.56. The fraction of sp³-hybridized carbons (Fsp3) is 0.500. The van der Waals surface area contributed by atoms with Gasteiger partial charge in [0.1, 0.15) is 0 Å². The van der Waals surface area contributed by atoms with E-state index in [-0.39, 0.29) is 10.8 Å². The van der Waals surface area contributed by atoms with Crippen molar-refractivity contribution in [3.63, 3.8) is 0 Å². The first kappa shape index (κ1) is 13.9. The van der Waals surface area contributed by atoms with Gasteiger partial charge >= 0.3 is 0 Å². The molecule has 0 aliphatic heterocycles. The zero-order valence-electron chi connectivity index (χ0n) is 10.1. The van der Waals surface area contributed by atoms with E-state index in [1.54, 1.807) is 0 Å². The molecule has 0 heterocycles. The van der Waals surface area contributed by atoms with Crippen LogP contribution in [0.25, 0.3) is 0 Å². The smallest absolute Gasteiger partial charge is 0.0975 e. The quantitative estimate of drug-likeness (QED) is 0.909. The van der Waals surface area contributed by atoms with E-state index in [2.05, 4.69) is 20.7 Å². The van der Waals surface area contributed by atoms with E-state index in [1.807, 2.05) is 52.0 Å². The number of benzene rings is 1. The Labute approximate surface area is 109 Å². The SMILES string of the molecule is C[C@@H](NS(=O)C(C)(C)C)c1cccc(Br)c1. The summed E-state index contributed by atoms with van der Waals surface area (Å²) >= 11 is 3.43. The van der Waals surface area contributed by atoms with Crippen LogP contribution in [0.5, 0.6) is 0 Å². The summed E-state index contributed by atoms with van der Waals surface area (Å²) in [5.41, 5.74) is 1.13. The zero-order valence-corrected chi connectivity index (χ0v) is 12.5. The van der Waals surface area contributed by atoms with Crippen LogP contribution < -0.4 is 4.72 Å². The summed E-state index contributed by atoms with van der Waals surface area (Å²) in [7, 11) is -1.04.